The van der Waals surface area contributed by atoms with Crippen LogP contribution in [0.1, 0.15) is 0 Å². The van der Waals surface area contributed by atoms with Crippen molar-refractivity contribution in [3.8, 4) is 0 Å². The molecule has 0 aromatic carbocycles. The van der Waals surface area contributed by atoms with Crippen molar-refractivity contribution in [1.82, 2.24) is 14.2 Å². The van der Waals surface area contributed by atoms with Gasteiger partial charge in [-0.15, -0.1) is 9.46 Å². The van der Waals surface area contributed by atoms with Crippen LogP contribution in [-0.4, -0.2) is 43.9 Å². The Balaban J connectivity index is 3.03. The van der Waals surface area contributed by atoms with Gasteiger partial charge in [-0.1, -0.05) is 0 Å². The highest BCUT2D eigenvalue weighted by Gasteiger charge is 2.19. The number of nitrogens with one attached hydrogen (secondary N) is 1. The lowest BCUT2D eigenvalue weighted by Crippen LogP contribution is -2.23. The molecule has 0 radical (unpaired) electrons. The first-order valence-electron chi connectivity index (χ1n) is 4.19. The molecule has 0 spiro atoms. The Kier molecular flexibility index (Phi) is 1.78. The van der Waals surface area contributed by atoms with Crippen LogP contribution in [0.4, 0.5) is 5.69 Å². The smallest absolute Gasteiger partial charge is 0.274 e. The first-order valence-corrected chi connectivity index (χ1v) is 4.19. The Hall–Kier alpha value is -2.25. The Bertz CT molecular complexity index is 575. The number of aromatic nitrogens is 3. The molecule has 82 valence electrons. The van der Waals surface area contributed by atoms with Crippen molar-refractivity contribution in [3.05, 3.63) is 11.8 Å². The van der Waals surface area contributed by atoms with Gasteiger partial charge in [0.05, 0.1) is 11.9 Å². The molecule has 0 fully saturated rings. The molecule has 8 heteroatoms. The maximum absolute atomic E-state index is 9.67. The lowest BCUT2D eigenvalue weighted by atomic mass is 10.5. The molecule has 2 rings (SSSR count). The van der Waals surface area contributed by atoms with Crippen LogP contribution in [0.2, 0.25) is 0 Å². The zero-order valence-corrected chi connectivity index (χ0v) is 8.21. The molecule has 0 aliphatic carbocycles. The molecule has 0 aliphatic rings. The molecule has 0 atom stereocenters. The van der Waals surface area contributed by atoms with Crippen LogP contribution in [-0.2, 0) is 0 Å². The summed E-state index contributed by atoms with van der Waals surface area (Å²) in [6.45, 7) is 0. The molecule has 0 aliphatic heterocycles. The van der Waals surface area contributed by atoms with Crippen LogP contribution in [0.5, 0.6) is 0 Å². The molecule has 15 heavy (non-hydrogen) atoms. The van der Waals surface area contributed by atoms with E-state index in [1.807, 2.05) is 0 Å². The molecule has 0 saturated heterocycles. The summed E-state index contributed by atoms with van der Waals surface area (Å²) in [5.41, 5.74) is 0.651. The lowest BCUT2D eigenvalue weighted by Gasteiger charge is -1.96. The van der Waals surface area contributed by atoms with E-state index in [0.29, 0.717) is 19.9 Å². The molecule has 0 amide bonds. The molecule has 2 heterocycles. The van der Waals surface area contributed by atoms with Crippen molar-refractivity contribution < 1.29 is 15.6 Å². The Morgan fingerprint density at radius 1 is 1.27 bits per heavy atom. The fraction of sp³-hybridized carbons (Fsp3) is 0.286. The maximum atomic E-state index is 9.67. The van der Waals surface area contributed by atoms with Gasteiger partial charge in [-0.05, 0) is 0 Å². The Morgan fingerprint density at radius 3 is 2.47 bits per heavy atom. The van der Waals surface area contributed by atoms with Gasteiger partial charge in [0.1, 0.15) is 0 Å². The van der Waals surface area contributed by atoms with Crippen LogP contribution in [0.25, 0.3) is 11.2 Å². The fourth-order valence-corrected chi connectivity index (χ4v) is 1.54. The van der Waals surface area contributed by atoms with E-state index in [1.54, 1.807) is 7.05 Å². The van der Waals surface area contributed by atoms with Crippen molar-refractivity contribution in [2.24, 2.45) is 4.99 Å². The molecule has 0 unspecified atom stereocenters. The summed E-state index contributed by atoms with van der Waals surface area (Å²) in [6, 6.07) is 0. The molecule has 2 aromatic rings. The number of fused-ring (bicyclic) bond motifs is 1. The highest BCUT2D eigenvalue weighted by Crippen LogP contribution is 2.22. The predicted octanol–water partition coefficient (Wildman–Crippen LogP) is -0.472. The van der Waals surface area contributed by atoms with E-state index < -0.39 is 0 Å². The van der Waals surface area contributed by atoms with Crippen LogP contribution in [0, 0.1) is 0 Å². The van der Waals surface area contributed by atoms with Gasteiger partial charge in [-0.3, -0.25) is 4.99 Å². The second-order valence-electron chi connectivity index (χ2n) is 2.96. The van der Waals surface area contributed by atoms with Crippen LogP contribution < -0.4 is 10.9 Å². The summed E-state index contributed by atoms with van der Waals surface area (Å²) < 4.78 is 1.98. The molecule has 0 saturated carbocycles. The third-order valence-electron chi connectivity index (χ3n) is 2.20. The largest absolute Gasteiger partial charge is 0.427 e. The number of rotatable bonds is 1. The second-order valence-corrected chi connectivity index (χ2v) is 2.96. The molecule has 2 aromatic heterocycles. The third kappa shape index (κ3) is 0.981. The minimum Gasteiger partial charge on any atom is -0.427 e. The maximum Gasteiger partial charge on any atom is 0.274 e. The van der Waals surface area contributed by atoms with Crippen molar-refractivity contribution in [2.45, 2.75) is 0 Å². The molecule has 0 bridgehead atoms. The summed E-state index contributed by atoms with van der Waals surface area (Å²) in [7, 11) is 3.04. The van der Waals surface area contributed by atoms with Gasteiger partial charge in [0, 0.05) is 14.1 Å². The highest BCUT2D eigenvalue weighted by atomic mass is 16.5. The quantitative estimate of drug-likeness (QED) is 0.481. The van der Waals surface area contributed by atoms with Crippen LogP contribution in [0.15, 0.2) is 11.2 Å². The SMILES string of the molecule is CN=c1n(O)c2c(NC)cn(O)c2n1O. The van der Waals surface area contributed by atoms with Gasteiger partial charge in [-0.2, -0.15) is 4.73 Å². The zero-order valence-electron chi connectivity index (χ0n) is 8.21. The number of nitrogens with zero attached hydrogens (tertiary/aromatic N) is 4. The average molecular weight is 213 g/mol. The predicted molar refractivity (Wildman–Crippen MR) is 50.5 cm³/mol. The Labute approximate surface area is 83.8 Å². The summed E-state index contributed by atoms with van der Waals surface area (Å²) in [5, 5.41) is 31.5. The number of hydrogen-bond donors (Lipinski definition) is 4. The highest BCUT2D eigenvalue weighted by molar-refractivity contribution is 5.87. The molecule has 4 N–H and O–H groups in total. The van der Waals surface area contributed by atoms with E-state index in [9.17, 15) is 15.6 Å². The van der Waals surface area contributed by atoms with Crippen molar-refractivity contribution in [1.29, 1.82) is 0 Å². The van der Waals surface area contributed by atoms with Gasteiger partial charge in [0.2, 0.25) is 5.65 Å². The minimum absolute atomic E-state index is 0.0300. The zero-order chi connectivity index (χ0) is 11.2. The summed E-state index contributed by atoms with van der Waals surface area (Å²) in [4.78, 5) is 3.67. The third-order valence-corrected chi connectivity index (χ3v) is 2.20. The molecule has 8 nitrogen and oxygen atoms in total. The van der Waals surface area contributed by atoms with E-state index in [4.69, 9.17) is 0 Å². The standard InChI is InChI=1S/C7H11N5O3/c1-8-4-3-10(13)6-5(4)11(14)7(9-2)12(6)15/h3,8,13-15H,1-2H3. The van der Waals surface area contributed by atoms with Gasteiger partial charge in [0.25, 0.3) is 5.62 Å². The number of hydrogen-bond acceptors (Lipinski definition) is 5. The Morgan fingerprint density at radius 2 is 1.93 bits per heavy atom. The van der Waals surface area contributed by atoms with Gasteiger partial charge in [-0.25, -0.2) is 0 Å². The normalized spacial score (nSPS) is 12.5. The average Bonchev–Trinajstić information content (AvgIpc) is 2.66. The van der Waals surface area contributed by atoms with E-state index in [2.05, 4.69) is 10.3 Å². The van der Waals surface area contributed by atoms with Crippen molar-refractivity contribution in [3.63, 3.8) is 0 Å². The van der Waals surface area contributed by atoms with E-state index in [1.165, 1.54) is 13.2 Å². The van der Waals surface area contributed by atoms with Gasteiger partial charge < -0.3 is 20.9 Å². The van der Waals surface area contributed by atoms with Crippen molar-refractivity contribution >= 4 is 16.9 Å². The number of imidazole rings is 1. The summed E-state index contributed by atoms with van der Waals surface area (Å²) in [5.74, 6) is 0. The first-order chi connectivity index (χ1) is 7.11. The van der Waals surface area contributed by atoms with E-state index >= 15 is 0 Å². The second kappa shape index (κ2) is 2.87. The monoisotopic (exact) mass is 213 g/mol. The molecular formula is C7H11N5O3. The van der Waals surface area contributed by atoms with Gasteiger partial charge in [0.15, 0.2) is 5.52 Å². The summed E-state index contributed by atoms with van der Waals surface area (Å²) >= 11 is 0. The van der Waals surface area contributed by atoms with Crippen LogP contribution >= 0.6 is 0 Å². The lowest BCUT2D eigenvalue weighted by molar-refractivity contribution is 0.122. The first kappa shape index (κ1) is 9.31. The van der Waals surface area contributed by atoms with Gasteiger partial charge >= 0.3 is 0 Å². The fourth-order valence-electron chi connectivity index (χ4n) is 1.54. The molecular weight excluding hydrogens is 202 g/mol. The summed E-state index contributed by atoms with van der Waals surface area (Å²) in [6.07, 6.45) is 1.32. The topological polar surface area (TPSA) is 99.9 Å². The van der Waals surface area contributed by atoms with Crippen molar-refractivity contribution in [2.75, 3.05) is 19.4 Å². The van der Waals surface area contributed by atoms with E-state index in [-0.39, 0.29) is 16.8 Å². The minimum atomic E-state index is -0.0834. The van der Waals surface area contributed by atoms with Crippen LogP contribution in [0.3, 0.4) is 0 Å². The number of anilines is 1. The van der Waals surface area contributed by atoms with E-state index in [0.717, 1.165) is 0 Å².